The van der Waals surface area contributed by atoms with E-state index in [2.05, 4.69) is 58.6 Å². The zero-order valence-corrected chi connectivity index (χ0v) is 34.6. The molecule has 3 atom stereocenters. The summed E-state index contributed by atoms with van der Waals surface area (Å²) >= 11 is 0. The Morgan fingerprint density at radius 2 is 1.85 bits per heavy atom. The third-order valence-electron chi connectivity index (χ3n) is 11.9. The van der Waals surface area contributed by atoms with E-state index in [-0.39, 0.29) is 41.9 Å². The molecule has 18 heteroatoms. The Morgan fingerprint density at radius 3 is 2.58 bits per heavy atom. The van der Waals surface area contributed by atoms with Crippen LogP contribution >= 0.6 is 0 Å². The first-order chi connectivity index (χ1) is 28.9. The number of piperazine rings is 1. The van der Waals surface area contributed by atoms with Crippen LogP contribution < -0.4 is 36.0 Å². The lowest BCUT2D eigenvalue weighted by molar-refractivity contribution is -0.134. The number of pyridine rings is 2. The van der Waals surface area contributed by atoms with Crippen LogP contribution in [-0.2, 0) is 21.4 Å². The van der Waals surface area contributed by atoms with E-state index in [1.54, 1.807) is 6.07 Å². The van der Waals surface area contributed by atoms with Gasteiger partial charge in [-0.15, -0.1) is 0 Å². The van der Waals surface area contributed by atoms with Crippen LogP contribution in [0.1, 0.15) is 64.1 Å². The highest BCUT2D eigenvalue weighted by atomic mass is 19.1. The molecule has 5 aromatic rings. The van der Waals surface area contributed by atoms with Gasteiger partial charge in [0, 0.05) is 82.6 Å². The van der Waals surface area contributed by atoms with Crippen LogP contribution in [0.25, 0.3) is 21.9 Å². The van der Waals surface area contributed by atoms with E-state index in [1.165, 1.54) is 30.1 Å². The van der Waals surface area contributed by atoms with Crippen molar-refractivity contribution in [1.29, 1.82) is 0 Å². The van der Waals surface area contributed by atoms with Crippen molar-refractivity contribution in [3.05, 3.63) is 64.6 Å². The summed E-state index contributed by atoms with van der Waals surface area (Å²) in [6.07, 6.45) is 5.54. The van der Waals surface area contributed by atoms with Gasteiger partial charge >= 0.3 is 0 Å². The zero-order valence-electron chi connectivity index (χ0n) is 34.6. The van der Waals surface area contributed by atoms with Crippen LogP contribution in [-0.4, -0.2) is 111 Å². The van der Waals surface area contributed by atoms with E-state index in [4.69, 9.17) is 9.84 Å². The third kappa shape index (κ3) is 8.07. The lowest BCUT2D eigenvalue weighted by Crippen LogP contribution is -2.50. The maximum Gasteiger partial charge on any atom is 0.294 e. The summed E-state index contributed by atoms with van der Waals surface area (Å²) in [5, 5.41) is 14.3. The highest BCUT2D eigenvalue weighted by Gasteiger charge is 2.34. The molecular weight excluding hydrogens is 772 g/mol. The number of para-hydroxylation sites is 1. The molecule has 2 unspecified atom stereocenters. The van der Waals surface area contributed by atoms with Gasteiger partial charge in [0.2, 0.25) is 17.8 Å². The van der Waals surface area contributed by atoms with Gasteiger partial charge in [0.15, 0.2) is 24.0 Å². The van der Waals surface area contributed by atoms with Crippen molar-refractivity contribution in [1.82, 2.24) is 44.8 Å². The zero-order chi connectivity index (χ0) is 42.2. The van der Waals surface area contributed by atoms with E-state index >= 15 is 4.39 Å². The number of benzene rings is 1. The number of aryl methyl sites for hydroxylation is 1. The van der Waals surface area contributed by atoms with Gasteiger partial charge in [-0.2, -0.15) is 10.1 Å². The minimum absolute atomic E-state index is 0.00612. The summed E-state index contributed by atoms with van der Waals surface area (Å²) in [6.45, 7) is 10.6. The number of aromatic nitrogens is 6. The number of ether oxygens (including phenoxy) is 1. The van der Waals surface area contributed by atoms with Crippen molar-refractivity contribution in [3.63, 3.8) is 0 Å². The second-order valence-electron chi connectivity index (χ2n) is 16.3. The molecule has 7 heterocycles. The molecule has 316 valence electrons. The number of nitrogens with zero attached hydrogens (tertiary/aromatic N) is 9. The summed E-state index contributed by atoms with van der Waals surface area (Å²) in [7, 11) is 3.41. The van der Waals surface area contributed by atoms with Crippen LogP contribution in [0.5, 0.6) is 5.75 Å². The van der Waals surface area contributed by atoms with Gasteiger partial charge in [-0.25, -0.2) is 14.4 Å². The van der Waals surface area contributed by atoms with Crippen molar-refractivity contribution >= 4 is 62.8 Å². The predicted molar refractivity (Wildman–Crippen MR) is 225 cm³/mol. The first-order valence-electron chi connectivity index (χ1n) is 20.6. The van der Waals surface area contributed by atoms with E-state index in [0.29, 0.717) is 60.6 Å². The number of amides is 3. The van der Waals surface area contributed by atoms with E-state index < -0.39 is 17.3 Å². The number of rotatable bonds is 11. The fourth-order valence-electron chi connectivity index (χ4n) is 8.88. The lowest BCUT2D eigenvalue weighted by atomic mass is 9.89. The van der Waals surface area contributed by atoms with Crippen molar-refractivity contribution in [2.24, 2.45) is 13.0 Å². The second-order valence-corrected chi connectivity index (χ2v) is 16.3. The van der Waals surface area contributed by atoms with Gasteiger partial charge in [0.1, 0.15) is 5.65 Å². The van der Waals surface area contributed by atoms with Gasteiger partial charge < -0.3 is 25.2 Å². The Morgan fingerprint density at radius 1 is 1.05 bits per heavy atom. The number of fused-ring (bicyclic) bond motifs is 2. The molecule has 3 aliphatic heterocycles. The average molecular weight is 823 g/mol. The molecule has 3 saturated heterocycles. The SMILES string of the molecule is CNC(=O)COc1cc2cc(Nc3nc(N4CCN(CC5CCN(c6cccc7c(C8CCC(=O)NC8=O)nn(C)c67)[C@@H](C)C5)CC4)ncc3F)cnc2n(C(C)C)c1=O. The third-order valence-corrected chi connectivity index (χ3v) is 11.9. The van der Waals surface area contributed by atoms with Gasteiger partial charge in [-0.05, 0) is 64.2 Å². The van der Waals surface area contributed by atoms with Crippen LogP contribution in [0.4, 0.5) is 27.5 Å². The lowest BCUT2D eigenvalue weighted by Gasteiger charge is -2.42. The highest BCUT2D eigenvalue weighted by Crippen LogP contribution is 2.38. The molecule has 3 amide bonds. The topological polar surface area (TPSA) is 185 Å². The highest BCUT2D eigenvalue weighted by molar-refractivity contribution is 6.03. The molecule has 60 heavy (non-hydrogen) atoms. The quantitative estimate of drug-likeness (QED) is 0.164. The molecule has 1 aromatic carbocycles. The Kier molecular flexibility index (Phi) is 11.4. The minimum Gasteiger partial charge on any atom is -0.478 e. The molecule has 17 nitrogen and oxygen atoms in total. The molecule has 0 bridgehead atoms. The van der Waals surface area contributed by atoms with Crippen LogP contribution in [0.15, 0.2) is 47.5 Å². The molecule has 3 fully saturated rings. The number of anilines is 4. The van der Waals surface area contributed by atoms with Gasteiger partial charge in [-0.3, -0.25) is 38.6 Å². The summed E-state index contributed by atoms with van der Waals surface area (Å²) in [6, 6.07) is 9.53. The number of carbonyl (C=O) groups excluding carboxylic acids is 3. The predicted octanol–water partition coefficient (Wildman–Crippen LogP) is 3.61. The molecule has 4 aromatic heterocycles. The Bertz CT molecular complexity index is 2510. The molecule has 0 aliphatic carbocycles. The Labute approximate surface area is 346 Å². The fourth-order valence-corrected chi connectivity index (χ4v) is 8.88. The van der Waals surface area contributed by atoms with Crippen LogP contribution in [0.2, 0.25) is 0 Å². The number of likely N-dealkylation sites (N-methyl/N-ethyl adjacent to an activating group) is 1. The summed E-state index contributed by atoms with van der Waals surface area (Å²) in [4.78, 5) is 70.0. The fraction of sp³-hybridized carbons (Fsp3) is 0.476. The number of nitrogens with one attached hydrogen (secondary N) is 3. The van der Waals surface area contributed by atoms with Crippen LogP contribution in [0.3, 0.4) is 0 Å². The number of imide groups is 1. The maximum absolute atomic E-state index is 15.2. The number of hydrogen-bond donors (Lipinski definition) is 3. The monoisotopic (exact) mass is 822 g/mol. The smallest absolute Gasteiger partial charge is 0.294 e. The normalized spacial score (nSPS) is 20.2. The number of piperidine rings is 2. The Hall–Kier alpha value is -6.17. The van der Waals surface area contributed by atoms with E-state index in [9.17, 15) is 19.2 Å². The largest absolute Gasteiger partial charge is 0.478 e. The Balaban J connectivity index is 0.891. The number of halogens is 1. The van der Waals surface area contributed by atoms with E-state index in [0.717, 1.165) is 61.3 Å². The number of hydrogen-bond acceptors (Lipinski definition) is 13. The molecular formula is C42H51FN12O5. The summed E-state index contributed by atoms with van der Waals surface area (Å²) in [5.41, 5.74) is 3.33. The number of carbonyl (C=O) groups is 3. The average Bonchev–Trinajstić information content (AvgIpc) is 3.57. The molecule has 3 aliphatic rings. The van der Waals surface area contributed by atoms with Crippen molar-refractivity contribution < 1.29 is 23.5 Å². The van der Waals surface area contributed by atoms with E-state index in [1.807, 2.05) is 37.7 Å². The standard InChI is InChI=1S/C42H51FN12O5/c1-24(2)55-39-27(19-33(41(55)59)60-23-35(57)44-4)18-28(20-45-39)47-38-31(43)21-46-42(49-38)53-15-13-52(14-16-53)22-26-11-12-54(25(3)17-26)32-8-6-7-29-36(50-51(5)37(29)32)30-9-10-34(56)48-40(30)58/h6-8,18-21,24-26,30H,9-17,22-23H2,1-5H3,(H,44,57)(H,46,47,49)(H,48,56,58)/t25-,26?,30?/m0/s1. The first-order valence-corrected chi connectivity index (χ1v) is 20.6. The summed E-state index contributed by atoms with van der Waals surface area (Å²) in [5.74, 6) is -0.977. The molecule has 0 saturated carbocycles. The van der Waals surface area contributed by atoms with Crippen LogP contribution in [0, 0.1) is 11.7 Å². The molecule has 8 rings (SSSR count). The van der Waals surface area contributed by atoms with Crippen molar-refractivity contribution in [2.75, 3.05) is 68.0 Å². The van der Waals surface area contributed by atoms with Gasteiger partial charge in [0.25, 0.3) is 11.5 Å². The van der Waals surface area contributed by atoms with Gasteiger partial charge in [-0.1, -0.05) is 12.1 Å². The molecule has 3 N–H and O–H groups in total. The maximum atomic E-state index is 15.2. The van der Waals surface area contributed by atoms with Crippen molar-refractivity contribution in [2.45, 2.75) is 64.5 Å². The summed E-state index contributed by atoms with van der Waals surface area (Å²) < 4.78 is 24.1. The molecule has 0 spiro atoms. The minimum atomic E-state index is -0.617. The first kappa shape index (κ1) is 40.6. The van der Waals surface area contributed by atoms with Gasteiger partial charge in [0.05, 0.1) is 40.9 Å². The molecule has 0 radical (unpaired) electrons. The van der Waals surface area contributed by atoms with Crippen molar-refractivity contribution in [3.8, 4) is 5.75 Å². The second kappa shape index (κ2) is 16.8.